The van der Waals surface area contributed by atoms with Crippen LogP contribution in [0, 0.1) is 5.92 Å². The van der Waals surface area contributed by atoms with Crippen molar-refractivity contribution in [2.75, 3.05) is 32.8 Å². The van der Waals surface area contributed by atoms with Gasteiger partial charge >= 0.3 is 0 Å². The van der Waals surface area contributed by atoms with Crippen LogP contribution >= 0.6 is 0 Å². The van der Waals surface area contributed by atoms with E-state index in [0.717, 1.165) is 32.2 Å². The Kier molecular flexibility index (Phi) is 7.01. The SMILES string of the molecule is CCCCN(CCO)CC(C)CNC1CC1. The lowest BCUT2D eigenvalue weighted by atomic mass is 10.1. The highest BCUT2D eigenvalue weighted by molar-refractivity contribution is 4.81. The van der Waals surface area contributed by atoms with Crippen molar-refractivity contribution in [1.29, 1.82) is 0 Å². The highest BCUT2D eigenvalue weighted by Gasteiger charge is 2.21. The molecule has 3 heteroatoms. The Hall–Kier alpha value is -0.120. The fourth-order valence-electron chi connectivity index (χ4n) is 1.98. The number of aliphatic hydroxyl groups excluding tert-OH is 1. The van der Waals surface area contributed by atoms with Crippen molar-refractivity contribution in [3.63, 3.8) is 0 Å². The number of unbranched alkanes of at least 4 members (excludes halogenated alkanes) is 1. The van der Waals surface area contributed by atoms with Crippen molar-refractivity contribution in [1.82, 2.24) is 10.2 Å². The van der Waals surface area contributed by atoms with Crippen LogP contribution in [0.3, 0.4) is 0 Å². The molecule has 0 bridgehead atoms. The van der Waals surface area contributed by atoms with Gasteiger partial charge in [-0.1, -0.05) is 20.3 Å². The Labute approximate surface area is 100 Å². The van der Waals surface area contributed by atoms with Crippen molar-refractivity contribution in [2.24, 2.45) is 5.92 Å². The van der Waals surface area contributed by atoms with Crippen LogP contribution in [-0.4, -0.2) is 48.8 Å². The highest BCUT2D eigenvalue weighted by atomic mass is 16.3. The maximum absolute atomic E-state index is 9.02. The molecule has 1 unspecified atom stereocenters. The smallest absolute Gasteiger partial charge is 0.0558 e. The molecule has 1 aliphatic rings. The quantitative estimate of drug-likeness (QED) is 0.594. The molecule has 2 N–H and O–H groups in total. The van der Waals surface area contributed by atoms with E-state index in [1.165, 1.54) is 25.7 Å². The molecule has 0 radical (unpaired) electrons. The molecule has 0 spiro atoms. The van der Waals surface area contributed by atoms with Crippen molar-refractivity contribution < 1.29 is 5.11 Å². The number of nitrogens with zero attached hydrogens (tertiary/aromatic N) is 1. The molecule has 1 atom stereocenters. The third kappa shape index (κ3) is 6.46. The molecule has 1 fully saturated rings. The van der Waals surface area contributed by atoms with Gasteiger partial charge in [0.25, 0.3) is 0 Å². The normalized spacial score (nSPS) is 18.0. The summed E-state index contributed by atoms with van der Waals surface area (Å²) in [5, 5.41) is 12.6. The van der Waals surface area contributed by atoms with Gasteiger partial charge in [-0.2, -0.15) is 0 Å². The third-order valence-electron chi connectivity index (χ3n) is 3.15. The fourth-order valence-corrected chi connectivity index (χ4v) is 1.98. The molecule has 1 aliphatic carbocycles. The number of aliphatic hydroxyl groups is 1. The zero-order valence-corrected chi connectivity index (χ0v) is 10.9. The molecule has 0 aromatic heterocycles. The molecular formula is C13H28N2O. The Balaban J connectivity index is 2.11. The van der Waals surface area contributed by atoms with Gasteiger partial charge in [0.15, 0.2) is 0 Å². The maximum atomic E-state index is 9.02. The van der Waals surface area contributed by atoms with Crippen LogP contribution in [0.25, 0.3) is 0 Å². The maximum Gasteiger partial charge on any atom is 0.0558 e. The average Bonchev–Trinajstić information content (AvgIpc) is 3.07. The van der Waals surface area contributed by atoms with Crippen LogP contribution in [0.4, 0.5) is 0 Å². The van der Waals surface area contributed by atoms with Crippen molar-refractivity contribution in [3.8, 4) is 0 Å². The van der Waals surface area contributed by atoms with Crippen LogP contribution in [0.1, 0.15) is 39.5 Å². The van der Waals surface area contributed by atoms with E-state index in [-0.39, 0.29) is 6.61 Å². The third-order valence-corrected chi connectivity index (χ3v) is 3.15. The second-order valence-corrected chi connectivity index (χ2v) is 5.17. The summed E-state index contributed by atoms with van der Waals surface area (Å²) >= 11 is 0. The van der Waals surface area contributed by atoms with Gasteiger partial charge in [0.2, 0.25) is 0 Å². The van der Waals surface area contributed by atoms with Crippen LogP contribution in [0.5, 0.6) is 0 Å². The first kappa shape index (κ1) is 13.9. The molecular weight excluding hydrogens is 200 g/mol. The lowest BCUT2D eigenvalue weighted by molar-refractivity contribution is 0.175. The van der Waals surface area contributed by atoms with Crippen LogP contribution in [-0.2, 0) is 0 Å². The van der Waals surface area contributed by atoms with E-state index in [9.17, 15) is 0 Å². The zero-order chi connectivity index (χ0) is 11.8. The summed E-state index contributed by atoms with van der Waals surface area (Å²) in [7, 11) is 0. The highest BCUT2D eigenvalue weighted by Crippen LogP contribution is 2.18. The molecule has 0 amide bonds. The van der Waals surface area contributed by atoms with Gasteiger partial charge in [-0.25, -0.2) is 0 Å². The summed E-state index contributed by atoms with van der Waals surface area (Å²) < 4.78 is 0. The summed E-state index contributed by atoms with van der Waals surface area (Å²) in [6, 6.07) is 0.810. The van der Waals surface area contributed by atoms with Gasteiger partial charge < -0.3 is 15.3 Å². The monoisotopic (exact) mass is 228 g/mol. The first-order valence-corrected chi connectivity index (χ1v) is 6.82. The summed E-state index contributed by atoms with van der Waals surface area (Å²) in [4.78, 5) is 2.39. The van der Waals surface area contributed by atoms with E-state index in [0.29, 0.717) is 5.92 Å². The minimum atomic E-state index is 0.284. The van der Waals surface area contributed by atoms with Crippen LogP contribution in [0.15, 0.2) is 0 Å². The second-order valence-electron chi connectivity index (χ2n) is 5.17. The summed E-state index contributed by atoms with van der Waals surface area (Å²) in [5.41, 5.74) is 0. The molecule has 96 valence electrons. The number of hydrogen-bond acceptors (Lipinski definition) is 3. The summed E-state index contributed by atoms with van der Waals surface area (Å²) in [6.45, 7) is 8.99. The number of rotatable bonds is 10. The van der Waals surface area contributed by atoms with Crippen LogP contribution < -0.4 is 5.32 Å². The largest absolute Gasteiger partial charge is 0.395 e. The zero-order valence-electron chi connectivity index (χ0n) is 10.9. The van der Waals surface area contributed by atoms with Gasteiger partial charge in [-0.05, 0) is 38.3 Å². The van der Waals surface area contributed by atoms with E-state index in [4.69, 9.17) is 5.11 Å². The fraction of sp³-hybridized carbons (Fsp3) is 1.00. The Morgan fingerprint density at radius 2 is 2.12 bits per heavy atom. The van der Waals surface area contributed by atoms with Gasteiger partial charge in [0.1, 0.15) is 0 Å². The van der Waals surface area contributed by atoms with E-state index < -0.39 is 0 Å². The number of nitrogens with one attached hydrogen (secondary N) is 1. The minimum Gasteiger partial charge on any atom is -0.395 e. The Morgan fingerprint density at radius 3 is 2.69 bits per heavy atom. The first-order chi connectivity index (χ1) is 7.76. The predicted molar refractivity (Wildman–Crippen MR) is 68.6 cm³/mol. The molecule has 1 rings (SSSR count). The first-order valence-electron chi connectivity index (χ1n) is 6.82. The van der Waals surface area contributed by atoms with Gasteiger partial charge in [0.05, 0.1) is 6.61 Å². The van der Waals surface area contributed by atoms with Gasteiger partial charge in [-0.3, -0.25) is 0 Å². The summed E-state index contributed by atoms with van der Waals surface area (Å²) in [5.74, 6) is 0.684. The summed E-state index contributed by atoms with van der Waals surface area (Å²) in [6.07, 6.45) is 5.20. The minimum absolute atomic E-state index is 0.284. The molecule has 0 aromatic rings. The Morgan fingerprint density at radius 1 is 1.38 bits per heavy atom. The predicted octanol–water partition coefficient (Wildman–Crippen LogP) is 1.47. The van der Waals surface area contributed by atoms with E-state index in [2.05, 4.69) is 24.1 Å². The molecule has 0 aromatic carbocycles. The molecule has 0 aliphatic heterocycles. The topological polar surface area (TPSA) is 35.5 Å². The van der Waals surface area contributed by atoms with Crippen LogP contribution in [0.2, 0.25) is 0 Å². The standard InChI is InChI=1S/C13H28N2O/c1-3-4-7-15(8-9-16)11-12(2)10-14-13-5-6-13/h12-14,16H,3-11H2,1-2H3. The molecule has 3 nitrogen and oxygen atoms in total. The van der Waals surface area contributed by atoms with Gasteiger partial charge in [-0.15, -0.1) is 0 Å². The number of hydrogen-bond donors (Lipinski definition) is 2. The second kappa shape index (κ2) is 8.04. The molecule has 1 saturated carbocycles. The lowest BCUT2D eigenvalue weighted by Crippen LogP contribution is -2.36. The van der Waals surface area contributed by atoms with Crippen molar-refractivity contribution in [3.05, 3.63) is 0 Å². The average molecular weight is 228 g/mol. The molecule has 0 heterocycles. The Bertz CT molecular complexity index is 171. The van der Waals surface area contributed by atoms with Gasteiger partial charge in [0, 0.05) is 19.1 Å². The molecule has 0 saturated heterocycles. The van der Waals surface area contributed by atoms with E-state index >= 15 is 0 Å². The van der Waals surface area contributed by atoms with Crippen molar-refractivity contribution >= 4 is 0 Å². The van der Waals surface area contributed by atoms with E-state index in [1.54, 1.807) is 0 Å². The lowest BCUT2D eigenvalue weighted by Gasteiger charge is -2.25. The molecule has 16 heavy (non-hydrogen) atoms. The van der Waals surface area contributed by atoms with Crippen molar-refractivity contribution in [2.45, 2.75) is 45.6 Å². The van der Waals surface area contributed by atoms with E-state index in [1.807, 2.05) is 0 Å².